The summed E-state index contributed by atoms with van der Waals surface area (Å²) in [6, 6.07) is 0.991. The summed E-state index contributed by atoms with van der Waals surface area (Å²) in [6.07, 6.45) is -2.83. The van der Waals surface area contributed by atoms with E-state index in [9.17, 15) is 18.4 Å². The molecule has 0 saturated heterocycles. The molecule has 17 heavy (non-hydrogen) atoms. The Morgan fingerprint density at radius 3 is 2.71 bits per heavy atom. The molecule has 0 spiro atoms. The summed E-state index contributed by atoms with van der Waals surface area (Å²) in [5, 5.41) is 0. The van der Waals surface area contributed by atoms with Crippen molar-refractivity contribution in [2.24, 2.45) is 0 Å². The average Bonchev–Trinajstić information content (AvgIpc) is 2.27. The Morgan fingerprint density at radius 2 is 2.24 bits per heavy atom. The zero-order valence-corrected chi connectivity index (χ0v) is 9.68. The van der Waals surface area contributed by atoms with Crippen molar-refractivity contribution >= 4 is 17.6 Å². The van der Waals surface area contributed by atoms with Crippen LogP contribution >= 0.6 is 11.6 Å². The van der Waals surface area contributed by atoms with E-state index in [1.165, 1.54) is 0 Å². The Kier molecular flexibility index (Phi) is 4.62. The predicted molar refractivity (Wildman–Crippen MR) is 57.5 cm³/mol. The first-order chi connectivity index (χ1) is 8.01. The third-order valence-electron chi connectivity index (χ3n) is 1.99. The third-order valence-corrected chi connectivity index (χ3v) is 2.28. The predicted octanol–water partition coefficient (Wildman–Crippen LogP) is 2.23. The molecule has 0 radical (unpaired) electrons. The van der Waals surface area contributed by atoms with Gasteiger partial charge in [-0.3, -0.25) is 4.79 Å². The van der Waals surface area contributed by atoms with Crippen molar-refractivity contribution in [1.29, 1.82) is 0 Å². The minimum absolute atomic E-state index is 0.0316. The van der Waals surface area contributed by atoms with Gasteiger partial charge in [0.15, 0.2) is 0 Å². The molecule has 1 heterocycles. The van der Waals surface area contributed by atoms with E-state index in [2.05, 4.69) is 4.74 Å². The van der Waals surface area contributed by atoms with Crippen molar-refractivity contribution in [3.05, 3.63) is 33.2 Å². The highest BCUT2D eigenvalue weighted by atomic mass is 35.5. The number of esters is 1. The number of rotatable bonds is 4. The van der Waals surface area contributed by atoms with Gasteiger partial charge in [-0.05, 0) is 18.6 Å². The van der Waals surface area contributed by atoms with Crippen LogP contribution in [0.25, 0.3) is 0 Å². The fourth-order valence-electron chi connectivity index (χ4n) is 1.29. The lowest BCUT2D eigenvalue weighted by Crippen LogP contribution is -2.23. The Balaban J connectivity index is 3.31. The first-order valence-corrected chi connectivity index (χ1v) is 5.32. The quantitative estimate of drug-likeness (QED) is 0.671. The van der Waals surface area contributed by atoms with Crippen molar-refractivity contribution in [1.82, 2.24) is 4.98 Å². The fourth-order valence-corrected chi connectivity index (χ4v) is 1.50. The van der Waals surface area contributed by atoms with E-state index in [4.69, 9.17) is 11.6 Å². The van der Waals surface area contributed by atoms with Crippen molar-refractivity contribution < 1.29 is 18.3 Å². The van der Waals surface area contributed by atoms with Gasteiger partial charge in [-0.25, -0.2) is 13.6 Å². The highest BCUT2D eigenvalue weighted by Gasteiger charge is 2.20. The Hall–Kier alpha value is -1.43. The second-order valence-corrected chi connectivity index (χ2v) is 3.38. The van der Waals surface area contributed by atoms with Gasteiger partial charge >= 0.3 is 5.97 Å². The summed E-state index contributed by atoms with van der Waals surface area (Å²) in [6.45, 7) is 1.65. The number of aromatic nitrogens is 1. The molecule has 1 N–H and O–H groups in total. The van der Waals surface area contributed by atoms with Crippen LogP contribution < -0.4 is 5.56 Å². The smallest absolute Gasteiger partial charge is 0.344 e. The Bertz CT molecular complexity index is 473. The molecule has 1 aromatic rings. The van der Waals surface area contributed by atoms with Gasteiger partial charge < -0.3 is 9.72 Å². The number of nitrogens with one attached hydrogen (secondary N) is 1. The van der Waals surface area contributed by atoms with E-state index < -0.39 is 23.6 Å². The first-order valence-electron chi connectivity index (χ1n) is 4.78. The summed E-state index contributed by atoms with van der Waals surface area (Å²) in [5.74, 6) is -1.09. The number of halogens is 3. The van der Waals surface area contributed by atoms with E-state index in [-0.39, 0.29) is 23.6 Å². The van der Waals surface area contributed by atoms with Crippen LogP contribution in [0.1, 0.15) is 35.0 Å². The molecule has 0 bridgehead atoms. The van der Waals surface area contributed by atoms with Crippen LogP contribution in [0.5, 0.6) is 0 Å². The van der Waals surface area contributed by atoms with E-state index in [1.807, 2.05) is 4.98 Å². The average molecular weight is 266 g/mol. The van der Waals surface area contributed by atoms with Crippen LogP contribution in [0.3, 0.4) is 0 Å². The summed E-state index contributed by atoms with van der Waals surface area (Å²) in [5.41, 5.74) is -1.79. The molecule has 0 aromatic carbocycles. The molecule has 1 rings (SSSR count). The largest absolute Gasteiger partial charge is 0.462 e. The van der Waals surface area contributed by atoms with Gasteiger partial charge in [0.1, 0.15) is 5.56 Å². The van der Waals surface area contributed by atoms with Crippen molar-refractivity contribution in [2.45, 2.75) is 19.2 Å². The minimum Gasteiger partial charge on any atom is -0.462 e. The molecule has 0 aliphatic heterocycles. The molecule has 0 atom stereocenters. The molecular formula is C10H10ClF2NO3. The maximum absolute atomic E-state index is 12.4. The van der Waals surface area contributed by atoms with Gasteiger partial charge in [0.25, 0.3) is 12.0 Å². The number of alkyl halides is 3. The lowest BCUT2D eigenvalue weighted by Gasteiger charge is -2.08. The zero-order chi connectivity index (χ0) is 13.0. The van der Waals surface area contributed by atoms with Crippen molar-refractivity contribution in [3.8, 4) is 0 Å². The number of carbonyl (C=O) groups is 1. The van der Waals surface area contributed by atoms with Crippen LogP contribution in [0.15, 0.2) is 10.9 Å². The number of H-pyrrole nitrogens is 1. The summed E-state index contributed by atoms with van der Waals surface area (Å²) in [4.78, 5) is 24.9. The third kappa shape index (κ3) is 3.03. The molecule has 0 amide bonds. The highest BCUT2D eigenvalue weighted by Crippen LogP contribution is 2.18. The van der Waals surface area contributed by atoms with Gasteiger partial charge in [0.2, 0.25) is 0 Å². The molecule has 94 valence electrons. The van der Waals surface area contributed by atoms with Crippen LogP contribution in [0.4, 0.5) is 8.78 Å². The standard InChI is InChI=1S/C10H10ClF2NO3/c1-2-17-10(16)7-5(4-11)3-6(8(12)13)14-9(7)15/h3,8H,2,4H2,1H3,(H,14,15). The van der Waals surface area contributed by atoms with Gasteiger partial charge in [0.05, 0.1) is 12.3 Å². The maximum atomic E-state index is 12.4. The molecule has 0 saturated carbocycles. The number of hydrogen-bond donors (Lipinski definition) is 1. The van der Waals surface area contributed by atoms with Crippen LogP contribution in [-0.4, -0.2) is 17.6 Å². The topological polar surface area (TPSA) is 59.2 Å². The van der Waals surface area contributed by atoms with E-state index in [1.54, 1.807) is 6.92 Å². The number of pyridine rings is 1. The molecule has 0 unspecified atom stereocenters. The van der Waals surface area contributed by atoms with Crippen molar-refractivity contribution in [2.75, 3.05) is 6.61 Å². The first kappa shape index (κ1) is 13.6. The SMILES string of the molecule is CCOC(=O)c1c(CCl)cc(C(F)F)[nH]c1=O. The fraction of sp³-hybridized carbons (Fsp3) is 0.400. The van der Waals surface area contributed by atoms with E-state index in [0.717, 1.165) is 6.07 Å². The van der Waals surface area contributed by atoms with E-state index in [0.29, 0.717) is 0 Å². The van der Waals surface area contributed by atoms with Crippen LogP contribution in [0, 0.1) is 0 Å². The summed E-state index contributed by atoms with van der Waals surface area (Å²) < 4.78 is 29.5. The van der Waals surface area contributed by atoms with Gasteiger partial charge in [-0.2, -0.15) is 0 Å². The summed E-state index contributed by atoms with van der Waals surface area (Å²) in [7, 11) is 0. The molecule has 7 heteroatoms. The molecule has 1 aromatic heterocycles. The number of ether oxygens (including phenoxy) is 1. The Morgan fingerprint density at radius 1 is 1.59 bits per heavy atom. The number of aromatic amines is 1. The number of carbonyl (C=O) groups excluding carboxylic acids is 1. The van der Waals surface area contributed by atoms with Crippen molar-refractivity contribution in [3.63, 3.8) is 0 Å². The lowest BCUT2D eigenvalue weighted by atomic mass is 10.1. The molecular weight excluding hydrogens is 256 g/mol. The molecule has 4 nitrogen and oxygen atoms in total. The second kappa shape index (κ2) is 5.77. The minimum atomic E-state index is -2.83. The molecule has 0 aliphatic carbocycles. The zero-order valence-electron chi connectivity index (χ0n) is 8.93. The van der Waals surface area contributed by atoms with Crippen LogP contribution in [0.2, 0.25) is 0 Å². The Labute approximate surface area is 101 Å². The van der Waals surface area contributed by atoms with Gasteiger partial charge in [-0.15, -0.1) is 11.6 Å². The molecule has 0 aliphatic rings. The number of hydrogen-bond acceptors (Lipinski definition) is 3. The van der Waals surface area contributed by atoms with Gasteiger partial charge in [-0.1, -0.05) is 0 Å². The lowest BCUT2D eigenvalue weighted by molar-refractivity contribution is 0.0522. The summed E-state index contributed by atoms with van der Waals surface area (Å²) >= 11 is 5.52. The maximum Gasteiger partial charge on any atom is 0.344 e. The van der Waals surface area contributed by atoms with Gasteiger partial charge in [0, 0.05) is 5.88 Å². The second-order valence-electron chi connectivity index (χ2n) is 3.11. The monoisotopic (exact) mass is 265 g/mol. The van der Waals surface area contributed by atoms with E-state index >= 15 is 0 Å². The molecule has 0 fully saturated rings. The highest BCUT2D eigenvalue weighted by molar-refractivity contribution is 6.17. The van der Waals surface area contributed by atoms with Crippen LogP contribution in [-0.2, 0) is 10.6 Å². The normalized spacial score (nSPS) is 10.6.